The van der Waals surface area contributed by atoms with Gasteiger partial charge in [-0.3, -0.25) is 4.79 Å². The fraction of sp³-hybridized carbons (Fsp3) is 0.857. The van der Waals surface area contributed by atoms with Crippen molar-refractivity contribution in [1.29, 1.82) is 0 Å². The molecule has 1 amide bonds. The standard InChI is InChI=1S/C49H89NO13/c1-3-5-7-9-11-13-15-17-18-19-20-21-22-24-26-28-30-32-38(53)37(50-41(54)33-31-29-27-25-23-16-14-12-10-8-6-4-2)36-60-48-46(59)44(57)47(40(35-52)62-48)63-49-45(58)43(56)42(55)39(34-51)61-49/h12,14,22,24,30,32,37-40,42-49,51-53,55-59H,3-11,13,15-21,23,25-29,31,33-36H2,1-2H3,(H,50,54)/b14-12-,24-22+,32-30+. The van der Waals surface area contributed by atoms with Gasteiger partial charge in [-0.05, 0) is 57.8 Å². The van der Waals surface area contributed by atoms with E-state index in [1.54, 1.807) is 6.08 Å². The second-order valence-electron chi connectivity index (χ2n) is 17.6. The van der Waals surface area contributed by atoms with Crippen molar-refractivity contribution in [3.63, 3.8) is 0 Å². The third-order valence-corrected chi connectivity index (χ3v) is 12.0. The number of aliphatic hydroxyl groups excluding tert-OH is 8. The summed E-state index contributed by atoms with van der Waals surface area (Å²) in [5.74, 6) is -0.261. The Bertz CT molecular complexity index is 1200. The van der Waals surface area contributed by atoms with Gasteiger partial charge in [-0.15, -0.1) is 0 Å². The van der Waals surface area contributed by atoms with Crippen molar-refractivity contribution in [2.75, 3.05) is 19.8 Å². The van der Waals surface area contributed by atoms with Crippen molar-refractivity contribution in [3.8, 4) is 0 Å². The molecule has 0 aromatic rings. The summed E-state index contributed by atoms with van der Waals surface area (Å²) in [4.78, 5) is 13.1. The Hall–Kier alpha value is -1.79. The maximum atomic E-state index is 13.1. The molecule has 2 heterocycles. The minimum absolute atomic E-state index is 0.261. The van der Waals surface area contributed by atoms with Crippen LogP contribution in [0.1, 0.15) is 174 Å². The van der Waals surface area contributed by atoms with E-state index in [9.17, 15) is 45.6 Å². The molecule has 12 unspecified atom stereocenters. The second kappa shape index (κ2) is 36.3. The van der Waals surface area contributed by atoms with Gasteiger partial charge in [0.1, 0.15) is 48.8 Å². The van der Waals surface area contributed by atoms with Gasteiger partial charge in [0.25, 0.3) is 0 Å². The van der Waals surface area contributed by atoms with Crippen LogP contribution >= 0.6 is 0 Å². The van der Waals surface area contributed by atoms with E-state index in [0.29, 0.717) is 12.8 Å². The van der Waals surface area contributed by atoms with E-state index in [1.165, 1.54) is 89.9 Å². The highest BCUT2D eigenvalue weighted by atomic mass is 16.7. The first-order valence-corrected chi connectivity index (χ1v) is 24.7. The Balaban J connectivity index is 1.89. The van der Waals surface area contributed by atoms with Crippen molar-refractivity contribution in [3.05, 3.63) is 36.5 Å². The summed E-state index contributed by atoms with van der Waals surface area (Å²) in [5.41, 5.74) is 0. The van der Waals surface area contributed by atoms with E-state index in [2.05, 4.69) is 43.5 Å². The Morgan fingerprint density at radius 1 is 0.556 bits per heavy atom. The molecule has 2 rings (SSSR count). The molecular formula is C49H89NO13. The van der Waals surface area contributed by atoms with Crippen molar-refractivity contribution < 1.29 is 64.6 Å². The molecule has 0 saturated carbocycles. The van der Waals surface area contributed by atoms with Gasteiger partial charge >= 0.3 is 0 Å². The largest absolute Gasteiger partial charge is 0.394 e. The topological polar surface area (TPSA) is 228 Å². The molecule has 0 bridgehead atoms. The molecule has 63 heavy (non-hydrogen) atoms. The average Bonchev–Trinajstić information content (AvgIpc) is 3.28. The average molecular weight is 900 g/mol. The van der Waals surface area contributed by atoms with Gasteiger partial charge in [0.05, 0.1) is 32.0 Å². The lowest BCUT2D eigenvalue weighted by atomic mass is 9.97. The molecule has 12 atom stereocenters. The van der Waals surface area contributed by atoms with Gasteiger partial charge in [-0.2, -0.15) is 0 Å². The van der Waals surface area contributed by atoms with Gasteiger partial charge in [-0.1, -0.05) is 147 Å². The smallest absolute Gasteiger partial charge is 0.220 e. The van der Waals surface area contributed by atoms with Gasteiger partial charge in [0.15, 0.2) is 12.6 Å². The third kappa shape index (κ3) is 24.0. The molecule has 2 saturated heterocycles. The highest BCUT2D eigenvalue weighted by Gasteiger charge is 2.51. The van der Waals surface area contributed by atoms with Crippen molar-refractivity contribution in [2.24, 2.45) is 0 Å². The SMILES string of the molecule is CCCCC/C=C\CCCCCCCC(=O)NC(COC1OC(CO)C(OC2OC(CO)C(O)C(O)C2O)C(O)C1O)C(O)/C=C/CC/C=C/CCCCCCCCCCCCC. The maximum absolute atomic E-state index is 13.1. The first kappa shape index (κ1) is 57.3. The Morgan fingerprint density at radius 2 is 1.02 bits per heavy atom. The number of hydrogen-bond acceptors (Lipinski definition) is 13. The molecule has 14 nitrogen and oxygen atoms in total. The van der Waals surface area contributed by atoms with Crippen LogP contribution in [0.25, 0.3) is 0 Å². The number of amides is 1. The summed E-state index contributed by atoms with van der Waals surface area (Å²) in [6.45, 7) is 2.72. The van der Waals surface area contributed by atoms with Crippen LogP contribution in [0.2, 0.25) is 0 Å². The quantitative estimate of drug-likeness (QED) is 0.0261. The molecule has 2 aliphatic heterocycles. The van der Waals surface area contributed by atoms with E-state index in [0.717, 1.165) is 51.4 Å². The molecule has 368 valence electrons. The van der Waals surface area contributed by atoms with Crippen LogP contribution in [0, 0.1) is 0 Å². The van der Waals surface area contributed by atoms with Crippen molar-refractivity contribution in [2.45, 2.75) is 248 Å². The van der Waals surface area contributed by atoms with E-state index in [-0.39, 0.29) is 18.9 Å². The summed E-state index contributed by atoms with van der Waals surface area (Å²) in [6.07, 6.45) is 23.3. The summed E-state index contributed by atoms with van der Waals surface area (Å²) >= 11 is 0. The fourth-order valence-electron chi connectivity index (χ4n) is 7.95. The summed E-state index contributed by atoms with van der Waals surface area (Å²) < 4.78 is 22.6. The van der Waals surface area contributed by atoms with E-state index >= 15 is 0 Å². The predicted octanol–water partition coefficient (Wildman–Crippen LogP) is 5.93. The number of carbonyl (C=O) groups excluding carboxylic acids is 1. The maximum Gasteiger partial charge on any atom is 0.220 e. The number of rotatable bonds is 37. The van der Waals surface area contributed by atoms with Crippen LogP contribution in [0.4, 0.5) is 0 Å². The zero-order chi connectivity index (χ0) is 46.1. The van der Waals surface area contributed by atoms with Gasteiger partial charge in [0.2, 0.25) is 5.91 Å². The summed E-state index contributed by atoms with van der Waals surface area (Å²) in [5, 5.41) is 86.6. The van der Waals surface area contributed by atoms with E-state index < -0.39 is 86.8 Å². The third-order valence-electron chi connectivity index (χ3n) is 12.0. The first-order valence-electron chi connectivity index (χ1n) is 24.7. The fourth-order valence-corrected chi connectivity index (χ4v) is 7.95. The van der Waals surface area contributed by atoms with Gasteiger partial charge in [0, 0.05) is 6.42 Å². The number of aliphatic hydroxyl groups is 8. The lowest BCUT2D eigenvalue weighted by Gasteiger charge is -2.46. The monoisotopic (exact) mass is 900 g/mol. The molecule has 9 N–H and O–H groups in total. The number of carbonyl (C=O) groups is 1. The zero-order valence-corrected chi connectivity index (χ0v) is 38.8. The molecule has 0 spiro atoms. The predicted molar refractivity (Wildman–Crippen MR) is 244 cm³/mol. The number of unbranched alkanes of at least 4 members (excludes halogenated alkanes) is 20. The number of nitrogens with one attached hydrogen (secondary N) is 1. The Morgan fingerprint density at radius 3 is 1.59 bits per heavy atom. The molecule has 2 aliphatic rings. The van der Waals surface area contributed by atoms with Crippen molar-refractivity contribution in [1.82, 2.24) is 5.32 Å². The first-order chi connectivity index (χ1) is 30.6. The number of allylic oxidation sites excluding steroid dienone is 5. The van der Waals surface area contributed by atoms with Crippen LogP contribution in [-0.2, 0) is 23.7 Å². The lowest BCUT2D eigenvalue weighted by Crippen LogP contribution is -2.65. The molecule has 2 fully saturated rings. The van der Waals surface area contributed by atoms with Gasteiger partial charge < -0.3 is 65.1 Å². The van der Waals surface area contributed by atoms with Crippen LogP contribution < -0.4 is 5.32 Å². The lowest BCUT2D eigenvalue weighted by molar-refractivity contribution is -0.359. The minimum atomic E-state index is -1.79. The minimum Gasteiger partial charge on any atom is -0.394 e. The molecule has 14 heteroatoms. The highest BCUT2D eigenvalue weighted by Crippen LogP contribution is 2.30. The molecule has 0 aromatic heterocycles. The summed E-state index contributed by atoms with van der Waals surface area (Å²) in [7, 11) is 0. The molecule has 0 aliphatic carbocycles. The van der Waals surface area contributed by atoms with E-state index in [4.69, 9.17) is 18.9 Å². The molecular weight excluding hydrogens is 811 g/mol. The molecule has 0 radical (unpaired) electrons. The normalized spacial score (nSPS) is 27.8. The second-order valence-corrected chi connectivity index (χ2v) is 17.6. The zero-order valence-electron chi connectivity index (χ0n) is 38.8. The van der Waals surface area contributed by atoms with Crippen molar-refractivity contribution >= 4 is 5.91 Å². The number of ether oxygens (including phenoxy) is 4. The number of hydrogen-bond donors (Lipinski definition) is 9. The van der Waals surface area contributed by atoms with E-state index in [1.807, 2.05) is 6.08 Å². The highest BCUT2D eigenvalue weighted by molar-refractivity contribution is 5.76. The van der Waals surface area contributed by atoms with Crippen LogP contribution in [0.3, 0.4) is 0 Å². The van der Waals surface area contributed by atoms with Crippen LogP contribution in [0.15, 0.2) is 36.5 Å². The summed E-state index contributed by atoms with van der Waals surface area (Å²) in [6, 6.07) is -0.932. The van der Waals surface area contributed by atoms with Crippen LogP contribution in [0.5, 0.6) is 0 Å². The van der Waals surface area contributed by atoms with Gasteiger partial charge in [-0.25, -0.2) is 0 Å². The Kier molecular flexibility index (Phi) is 33.1. The molecule has 0 aromatic carbocycles. The Labute approximate surface area is 379 Å². The van der Waals surface area contributed by atoms with Crippen LogP contribution in [-0.4, -0.2) is 140 Å².